The van der Waals surface area contributed by atoms with Crippen molar-refractivity contribution in [1.29, 1.82) is 0 Å². The van der Waals surface area contributed by atoms with Crippen molar-refractivity contribution in [3.8, 4) is 11.1 Å². The van der Waals surface area contributed by atoms with Crippen LogP contribution in [0.5, 0.6) is 0 Å². The SMILES string of the molecule is Cc1cc(C)c(B(c2c(C)cc(C)cc2C)c2ccc(-c3ccc(B(c4c(C)cc(C)cc4C)c4c(C)cc(C)cc4C)c4ccccc34)c3ccccc23)c(C)c1. The van der Waals surface area contributed by atoms with Gasteiger partial charge in [-0.3, -0.25) is 0 Å². The summed E-state index contributed by atoms with van der Waals surface area (Å²) in [4.78, 5) is 0. The van der Waals surface area contributed by atoms with Gasteiger partial charge in [-0.1, -0.05) is 221 Å². The van der Waals surface area contributed by atoms with Gasteiger partial charge >= 0.3 is 0 Å². The molecule has 286 valence electrons. The van der Waals surface area contributed by atoms with E-state index in [2.05, 4.69) is 204 Å². The van der Waals surface area contributed by atoms with Crippen LogP contribution in [0.4, 0.5) is 0 Å². The highest BCUT2D eigenvalue weighted by atomic mass is 14.2. The van der Waals surface area contributed by atoms with E-state index in [-0.39, 0.29) is 13.4 Å². The van der Waals surface area contributed by atoms with Gasteiger partial charge in [0.05, 0.1) is 0 Å². The van der Waals surface area contributed by atoms with Gasteiger partial charge in [-0.25, -0.2) is 0 Å². The second-order valence-corrected chi connectivity index (χ2v) is 17.6. The quantitative estimate of drug-likeness (QED) is 0.142. The van der Waals surface area contributed by atoms with Gasteiger partial charge in [0, 0.05) is 0 Å². The fraction of sp³-hybridized carbons (Fsp3) is 0.214. The van der Waals surface area contributed by atoms with E-state index in [0.717, 1.165) is 0 Å². The molecule has 0 spiro atoms. The van der Waals surface area contributed by atoms with Gasteiger partial charge in [-0.15, -0.1) is 0 Å². The third-order valence-electron chi connectivity index (χ3n) is 12.9. The van der Waals surface area contributed by atoms with Crippen LogP contribution < -0.4 is 32.8 Å². The van der Waals surface area contributed by atoms with Crippen LogP contribution in [-0.4, -0.2) is 13.4 Å². The molecule has 0 radical (unpaired) electrons. The average molecular weight is 751 g/mol. The summed E-state index contributed by atoms with van der Waals surface area (Å²) >= 11 is 0. The maximum absolute atomic E-state index is 2.45. The fourth-order valence-corrected chi connectivity index (χ4v) is 11.1. The van der Waals surface area contributed by atoms with E-state index in [1.165, 1.54) is 132 Å². The molecule has 0 atom stereocenters. The van der Waals surface area contributed by atoms with Crippen LogP contribution >= 0.6 is 0 Å². The Morgan fingerprint density at radius 1 is 0.259 bits per heavy atom. The van der Waals surface area contributed by atoms with E-state index >= 15 is 0 Å². The first-order valence-electron chi connectivity index (χ1n) is 21.1. The molecule has 0 aliphatic rings. The van der Waals surface area contributed by atoms with Crippen molar-refractivity contribution in [3.63, 3.8) is 0 Å². The zero-order valence-corrected chi connectivity index (χ0v) is 36.7. The summed E-state index contributed by atoms with van der Waals surface area (Å²) in [6.07, 6.45) is 0. The standard InChI is InChI=1S/C56H56B2/c1-33-25-37(5)53(38(6)26-33)57(54-39(7)27-34(2)28-40(54)8)51-23-21-47(45-17-13-15-19-49(45)51)48-22-24-52(50-20-16-14-18-46(48)50)58(55-41(9)29-35(3)30-42(55)10)56-43(11)31-36(4)32-44(56)12/h13-32H,1-12H3. The van der Waals surface area contributed by atoms with E-state index in [1.54, 1.807) is 0 Å². The van der Waals surface area contributed by atoms with Crippen LogP contribution in [0.1, 0.15) is 66.8 Å². The minimum absolute atomic E-state index is 0.0991. The summed E-state index contributed by atoms with van der Waals surface area (Å²) in [5.74, 6) is 0. The van der Waals surface area contributed by atoms with Crippen LogP contribution in [0.25, 0.3) is 32.7 Å². The Morgan fingerprint density at radius 2 is 0.483 bits per heavy atom. The van der Waals surface area contributed by atoms with Crippen LogP contribution in [0, 0.1) is 83.1 Å². The molecular formula is C56H56B2. The van der Waals surface area contributed by atoms with Crippen molar-refractivity contribution < 1.29 is 0 Å². The van der Waals surface area contributed by atoms with Gasteiger partial charge in [0.25, 0.3) is 0 Å². The van der Waals surface area contributed by atoms with Crippen molar-refractivity contribution in [3.05, 3.63) is 188 Å². The zero-order valence-electron chi connectivity index (χ0n) is 36.7. The van der Waals surface area contributed by atoms with E-state index < -0.39 is 0 Å². The number of benzene rings is 8. The normalized spacial score (nSPS) is 11.4. The molecule has 0 saturated heterocycles. The zero-order chi connectivity index (χ0) is 41.2. The van der Waals surface area contributed by atoms with E-state index in [0.29, 0.717) is 0 Å². The highest BCUT2D eigenvalue weighted by Crippen LogP contribution is 2.34. The van der Waals surface area contributed by atoms with Gasteiger partial charge in [-0.05, 0) is 116 Å². The molecule has 2 heteroatoms. The van der Waals surface area contributed by atoms with Crippen molar-refractivity contribution in [2.24, 2.45) is 0 Å². The highest BCUT2D eigenvalue weighted by molar-refractivity contribution is 6.98. The maximum Gasteiger partial charge on any atom is 0.243 e. The van der Waals surface area contributed by atoms with Crippen molar-refractivity contribution in [1.82, 2.24) is 0 Å². The topological polar surface area (TPSA) is 0 Å². The number of aryl methyl sites for hydroxylation is 12. The Bertz CT molecular complexity index is 2520. The minimum atomic E-state index is 0.0991. The predicted molar refractivity (Wildman–Crippen MR) is 259 cm³/mol. The summed E-state index contributed by atoms with van der Waals surface area (Å²) < 4.78 is 0. The van der Waals surface area contributed by atoms with Gasteiger partial charge in [0.1, 0.15) is 0 Å². The van der Waals surface area contributed by atoms with Crippen LogP contribution in [0.15, 0.2) is 121 Å². The maximum atomic E-state index is 2.45. The van der Waals surface area contributed by atoms with Crippen LogP contribution in [0.3, 0.4) is 0 Å². The number of rotatable bonds is 7. The van der Waals surface area contributed by atoms with Crippen LogP contribution in [-0.2, 0) is 0 Å². The third kappa shape index (κ3) is 6.81. The molecule has 0 N–H and O–H groups in total. The molecule has 0 bridgehead atoms. The second kappa shape index (κ2) is 15.3. The summed E-state index contributed by atoms with van der Waals surface area (Å²) in [5.41, 5.74) is 27.0. The summed E-state index contributed by atoms with van der Waals surface area (Å²) in [5, 5.41) is 5.21. The molecule has 0 fully saturated rings. The lowest BCUT2D eigenvalue weighted by atomic mass is 9.33. The molecule has 8 rings (SSSR count). The molecule has 0 amide bonds. The average Bonchev–Trinajstić information content (AvgIpc) is 3.14. The molecule has 8 aromatic rings. The molecule has 0 aromatic heterocycles. The summed E-state index contributed by atoms with van der Waals surface area (Å²) in [6.45, 7) is 27.5. The fourth-order valence-electron chi connectivity index (χ4n) is 11.1. The third-order valence-corrected chi connectivity index (χ3v) is 12.9. The first-order valence-corrected chi connectivity index (χ1v) is 21.1. The molecule has 0 aliphatic heterocycles. The lowest BCUT2D eigenvalue weighted by Crippen LogP contribution is -2.56. The van der Waals surface area contributed by atoms with Crippen molar-refractivity contribution >= 4 is 67.7 Å². The Kier molecular flexibility index (Phi) is 10.4. The molecule has 0 aliphatic carbocycles. The number of fused-ring (bicyclic) bond motifs is 2. The molecule has 8 aromatic carbocycles. The lowest BCUT2D eigenvalue weighted by molar-refractivity contribution is 1.34. The van der Waals surface area contributed by atoms with Gasteiger partial charge in [-0.2, -0.15) is 0 Å². The van der Waals surface area contributed by atoms with Gasteiger partial charge in [0.15, 0.2) is 0 Å². The van der Waals surface area contributed by atoms with Crippen LogP contribution in [0.2, 0.25) is 0 Å². The largest absolute Gasteiger partial charge is 0.243 e. The number of hydrogen-bond donors (Lipinski definition) is 0. The van der Waals surface area contributed by atoms with E-state index in [1.807, 2.05) is 0 Å². The van der Waals surface area contributed by atoms with Crippen molar-refractivity contribution in [2.45, 2.75) is 83.1 Å². The van der Waals surface area contributed by atoms with E-state index in [9.17, 15) is 0 Å². The second-order valence-electron chi connectivity index (χ2n) is 17.6. The molecule has 0 nitrogen and oxygen atoms in total. The van der Waals surface area contributed by atoms with Gasteiger partial charge in [0.2, 0.25) is 13.4 Å². The first kappa shape index (κ1) is 39.2. The Morgan fingerprint density at radius 3 is 0.724 bits per heavy atom. The predicted octanol–water partition coefficient (Wildman–Crippen LogP) is 10.4. The summed E-state index contributed by atoms with van der Waals surface area (Å²) in [6, 6.07) is 47.0. The summed E-state index contributed by atoms with van der Waals surface area (Å²) in [7, 11) is 0. The smallest absolute Gasteiger partial charge is 0.0657 e. The first-order chi connectivity index (χ1) is 27.7. The molecule has 0 heterocycles. The number of hydrogen-bond acceptors (Lipinski definition) is 0. The Labute approximate surface area is 348 Å². The minimum Gasteiger partial charge on any atom is -0.0657 e. The monoisotopic (exact) mass is 750 g/mol. The molecule has 0 saturated carbocycles. The molecular weight excluding hydrogens is 694 g/mol. The van der Waals surface area contributed by atoms with E-state index in [4.69, 9.17) is 0 Å². The molecule has 0 unspecified atom stereocenters. The lowest BCUT2D eigenvalue weighted by Gasteiger charge is -2.27. The highest BCUT2D eigenvalue weighted by Gasteiger charge is 2.32. The Balaban J connectivity index is 1.40. The molecule has 58 heavy (non-hydrogen) atoms. The Hall–Kier alpha value is -5.59. The van der Waals surface area contributed by atoms with Gasteiger partial charge < -0.3 is 0 Å². The van der Waals surface area contributed by atoms with Crippen molar-refractivity contribution in [2.75, 3.05) is 0 Å².